The Morgan fingerprint density at radius 1 is 1.13 bits per heavy atom. The normalized spacial score (nSPS) is 10.5. The quantitative estimate of drug-likeness (QED) is 0.866. The number of nitrogens with one attached hydrogen (secondary N) is 2. The first-order valence-corrected chi connectivity index (χ1v) is 7.10. The number of amides is 2. The third-order valence-electron chi connectivity index (χ3n) is 3.26. The maximum absolute atomic E-state index is 12.4. The van der Waals surface area contributed by atoms with E-state index in [2.05, 4.69) is 15.4 Å². The highest BCUT2D eigenvalue weighted by Gasteiger charge is 2.13. The first kappa shape index (κ1) is 16.7. The van der Waals surface area contributed by atoms with E-state index in [1.165, 1.54) is 6.07 Å². The Labute approximate surface area is 133 Å². The molecule has 2 aromatic carbocycles. The van der Waals surface area contributed by atoms with E-state index in [0.717, 1.165) is 11.1 Å². The summed E-state index contributed by atoms with van der Waals surface area (Å²) in [6.07, 6.45) is 0. The van der Waals surface area contributed by atoms with Crippen LogP contribution < -0.4 is 15.4 Å². The molecular weight excluding hydrogens is 302 g/mol. The highest BCUT2D eigenvalue weighted by molar-refractivity contribution is 5.91. The van der Waals surface area contributed by atoms with Crippen molar-refractivity contribution in [3.05, 3.63) is 59.2 Å². The van der Waals surface area contributed by atoms with Gasteiger partial charge in [-0.3, -0.25) is 0 Å². The largest absolute Gasteiger partial charge is 0.433 e. The van der Waals surface area contributed by atoms with Crippen molar-refractivity contribution < 1.29 is 18.3 Å². The van der Waals surface area contributed by atoms with E-state index in [1.807, 2.05) is 31.2 Å². The summed E-state index contributed by atoms with van der Waals surface area (Å²) in [5.41, 5.74) is 2.94. The van der Waals surface area contributed by atoms with Crippen LogP contribution in [-0.2, 0) is 6.54 Å². The van der Waals surface area contributed by atoms with E-state index < -0.39 is 12.6 Å². The minimum Gasteiger partial charge on any atom is -0.433 e. The number of carbonyl (C=O) groups excluding carboxylic acids is 1. The number of benzene rings is 2. The second-order valence-corrected chi connectivity index (χ2v) is 5.12. The number of hydrogen-bond donors (Lipinski definition) is 2. The van der Waals surface area contributed by atoms with Crippen LogP contribution in [0.1, 0.15) is 16.7 Å². The SMILES string of the molecule is Cc1ccc(CNC(=O)Nc2c(C)cccc2OC(F)F)cc1. The number of anilines is 1. The van der Waals surface area contributed by atoms with Gasteiger partial charge in [-0.25, -0.2) is 4.79 Å². The van der Waals surface area contributed by atoms with Crippen molar-refractivity contribution in [2.75, 3.05) is 5.32 Å². The zero-order valence-electron chi connectivity index (χ0n) is 12.9. The summed E-state index contributed by atoms with van der Waals surface area (Å²) < 4.78 is 29.3. The summed E-state index contributed by atoms with van der Waals surface area (Å²) in [7, 11) is 0. The lowest BCUT2D eigenvalue weighted by molar-refractivity contribution is -0.0493. The Hall–Kier alpha value is -2.63. The standard InChI is InChI=1S/C17H18F2N2O2/c1-11-6-8-13(9-7-11)10-20-17(22)21-15-12(2)4-3-5-14(15)23-16(18)19/h3-9,16H,10H2,1-2H3,(H2,20,21,22). The number of hydrogen-bond acceptors (Lipinski definition) is 2. The van der Waals surface area contributed by atoms with Crippen LogP contribution in [0.15, 0.2) is 42.5 Å². The molecule has 0 aliphatic carbocycles. The molecule has 0 atom stereocenters. The molecular formula is C17H18F2N2O2. The lowest BCUT2D eigenvalue weighted by atomic mass is 10.1. The summed E-state index contributed by atoms with van der Waals surface area (Å²) in [5.74, 6) is -0.0644. The summed E-state index contributed by atoms with van der Waals surface area (Å²) in [5, 5.41) is 5.24. The van der Waals surface area contributed by atoms with Crippen LogP contribution in [0.2, 0.25) is 0 Å². The van der Waals surface area contributed by atoms with Crippen molar-refractivity contribution in [2.24, 2.45) is 0 Å². The first-order valence-electron chi connectivity index (χ1n) is 7.10. The number of ether oxygens (including phenoxy) is 1. The van der Waals surface area contributed by atoms with Gasteiger partial charge in [0, 0.05) is 6.54 Å². The minimum atomic E-state index is -2.95. The van der Waals surface area contributed by atoms with Gasteiger partial charge in [0.15, 0.2) is 0 Å². The van der Waals surface area contributed by atoms with Crippen molar-refractivity contribution >= 4 is 11.7 Å². The minimum absolute atomic E-state index is 0.0644. The van der Waals surface area contributed by atoms with Crippen molar-refractivity contribution in [3.8, 4) is 5.75 Å². The average molecular weight is 320 g/mol. The molecule has 0 heterocycles. The van der Waals surface area contributed by atoms with Crippen molar-refractivity contribution in [1.82, 2.24) is 5.32 Å². The van der Waals surface area contributed by atoms with E-state index in [-0.39, 0.29) is 11.4 Å². The topological polar surface area (TPSA) is 50.4 Å². The average Bonchev–Trinajstić information content (AvgIpc) is 2.50. The Morgan fingerprint density at radius 2 is 1.83 bits per heavy atom. The number of urea groups is 1. The second kappa shape index (κ2) is 7.58. The molecule has 23 heavy (non-hydrogen) atoms. The summed E-state index contributed by atoms with van der Waals surface area (Å²) in [6, 6.07) is 11.9. The van der Waals surface area contributed by atoms with Gasteiger partial charge in [0.1, 0.15) is 5.75 Å². The van der Waals surface area contributed by atoms with Gasteiger partial charge < -0.3 is 15.4 Å². The summed E-state index contributed by atoms with van der Waals surface area (Å²) >= 11 is 0. The Kier molecular flexibility index (Phi) is 5.51. The number of rotatable bonds is 5. The van der Waals surface area contributed by atoms with Gasteiger partial charge in [0.05, 0.1) is 5.69 Å². The molecule has 2 amide bonds. The Balaban J connectivity index is 2.01. The molecule has 2 rings (SSSR count). The van der Waals surface area contributed by atoms with E-state index >= 15 is 0 Å². The molecule has 0 aliphatic rings. The van der Waals surface area contributed by atoms with Gasteiger partial charge in [-0.2, -0.15) is 8.78 Å². The third kappa shape index (κ3) is 4.95. The highest BCUT2D eigenvalue weighted by Crippen LogP contribution is 2.29. The molecule has 0 saturated carbocycles. The lowest BCUT2D eigenvalue weighted by Gasteiger charge is -2.14. The molecule has 4 nitrogen and oxygen atoms in total. The molecule has 0 bridgehead atoms. The molecule has 0 spiro atoms. The molecule has 0 saturated heterocycles. The van der Waals surface area contributed by atoms with E-state index in [1.54, 1.807) is 19.1 Å². The number of halogens is 2. The number of para-hydroxylation sites is 1. The lowest BCUT2D eigenvalue weighted by Crippen LogP contribution is -2.28. The first-order chi connectivity index (χ1) is 11.0. The molecule has 0 fully saturated rings. The molecule has 122 valence electrons. The number of aryl methyl sites for hydroxylation is 2. The predicted octanol–water partition coefficient (Wildman–Crippen LogP) is 4.23. The van der Waals surface area contributed by atoms with Crippen molar-refractivity contribution in [2.45, 2.75) is 27.0 Å². The fourth-order valence-electron chi connectivity index (χ4n) is 2.04. The molecule has 0 unspecified atom stereocenters. The van der Waals surface area contributed by atoms with Crippen molar-refractivity contribution in [1.29, 1.82) is 0 Å². The van der Waals surface area contributed by atoms with Crippen LogP contribution in [-0.4, -0.2) is 12.6 Å². The Bertz CT molecular complexity index is 673. The van der Waals surface area contributed by atoms with E-state index in [0.29, 0.717) is 12.1 Å². The maximum atomic E-state index is 12.4. The monoisotopic (exact) mass is 320 g/mol. The van der Waals surface area contributed by atoms with Crippen LogP contribution >= 0.6 is 0 Å². The van der Waals surface area contributed by atoms with Crippen LogP contribution in [0.25, 0.3) is 0 Å². The Morgan fingerprint density at radius 3 is 2.48 bits per heavy atom. The van der Waals surface area contributed by atoms with Crippen molar-refractivity contribution in [3.63, 3.8) is 0 Å². The van der Waals surface area contributed by atoms with Gasteiger partial charge in [-0.05, 0) is 31.0 Å². The number of alkyl halides is 2. The molecule has 0 radical (unpaired) electrons. The summed E-state index contributed by atoms with van der Waals surface area (Å²) in [4.78, 5) is 12.0. The van der Waals surface area contributed by atoms with E-state index in [9.17, 15) is 13.6 Å². The van der Waals surface area contributed by atoms with Gasteiger partial charge in [-0.1, -0.05) is 42.0 Å². The molecule has 2 N–H and O–H groups in total. The molecule has 0 aromatic heterocycles. The highest BCUT2D eigenvalue weighted by atomic mass is 19.3. The van der Waals surface area contributed by atoms with Crippen LogP contribution in [0, 0.1) is 13.8 Å². The second-order valence-electron chi connectivity index (χ2n) is 5.12. The van der Waals surface area contributed by atoms with Crippen LogP contribution in [0.5, 0.6) is 5.75 Å². The maximum Gasteiger partial charge on any atom is 0.387 e. The van der Waals surface area contributed by atoms with Gasteiger partial charge in [0.25, 0.3) is 0 Å². The number of carbonyl (C=O) groups is 1. The van der Waals surface area contributed by atoms with E-state index in [4.69, 9.17) is 0 Å². The smallest absolute Gasteiger partial charge is 0.387 e. The summed E-state index contributed by atoms with van der Waals surface area (Å²) in [6.45, 7) is 1.07. The molecule has 2 aromatic rings. The van der Waals surface area contributed by atoms with Gasteiger partial charge in [-0.15, -0.1) is 0 Å². The zero-order chi connectivity index (χ0) is 16.8. The fraction of sp³-hybridized carbons (Fsp3) is 0.235. The van der Waals surface area contributed by atoms with Gasteiger partial charge >= 0.3 is 12.6 Å². The van der Waals surface area contributed by atoms with Crippen LogP contribution in [0.3, 0.4) is 0 Å². The van der Waals surface area contributed by atoms with Gasteiger partial charge in [0.2, 0.25) is 0 Å². The third-order valence-corrected chi connectivity index (χ3v) is 3.26. The van der Waals surface area contributed by atoms with Crippen LogP contribution in [0.4, 0.5) is 19.3 Å². The zero-order valence-corrected chi connectivity index (χ0v) is 12.9. The predicted molar refractivity (Wildman–Crippen MR) is 84.8 cm³/mol. The fourth-order valence-corrected chi connectivity index (χ4v) is 2.04. The molecule has 6 heteroatoms. The molecule has 0 aliphatic heterocycles.